The van der Waals surface area contributed by atoms with Gasteiger partial charge in [0.05, 0.1) is 32.3 Å². The Balaban J connectivity index is 0.000000329. The molecule has 0 atom stereocenters. The van der Waals surface area contributed by atoms with Crippen LogP contribution in [0.1, 0.15) is 72.5 Å². The topological polar surface area (TPSA) is 111 Å². The number of ether oxygens (including phenoxy) is 3. The second-order valence-corrected chi connectivity index (χ2v) is 10.1. The Morgan fingerprint density at radius 1 is 0.864 bits per heavy atom. The van der Waals surface area contributed by atoms with Crippen molar-refractivity contribution in [2.45, 2.75) is 51.3 Å². The number of carbonyl (C=O) groups excluding carboxylic acids is 3. The maximum Gasteiger partial charge on any atom is 0.345 e. The van der Waals surface area contributed by atoms with E-state index in [-0.39, 0.29) is 28.5 Å². The first-order valence-electron chi connectivity index (χ1n) is 14.6. The molecule has 3 aromatic rings. The van der Waals surface area contributed by atoms with Gasteiger partial charge in [-0.15, -0.1) is 11.6 Å². The molecular weight excluding hydrogens is 582 g/mol. The van der Waals surface area contributed by atoms with E-state index in [1.165, 1.54) is 52.0 Å². The van der Waals surface area contributed by atoms with Gasteiger partial charge in [0, 0.05) is 29.9 Å². The van der Waals surface area contributed by atoms with Crippen molar-refractivity contribution in [1.29, 1.82) is 0 Å². The van der Waals surface area contributed by atoms with Crippen LogP contribution in [0.4, 0.5) is 5.69 Å². The predicted molar refractivity (Wildman–Crippen MR) is 174 cm³/mol. The number of esters is 2. The van der Waals surface area contributed by atoms with Crippen LogP contribution in [0.25, 0.3) is 6.08 Å². The Kier molecular flexibility index (Phi) is 16.2. The monoisotopic (exact) mass is 623 g/mol. The summed E-state index contributed by atoms with van der Waals surface area (Å²) in [6.07, 6.45) is 8.53. The summed E-state index contributed by atoms with van der Waals surface area (Å²) in [6, 6.07) is 19.2. The molecule has 0 amide bonds. The molecule has 0 saturated heterocycles. The second-order valence-electron chi connectivity index (χ2n) is 9.84. The fourth-order valence-corrected chi connectivity index (χ4v) is 4.39. The fourth-order valence-electron chi connectivity index (χ4n) is 4.18. The Hall–Kier alpha value is -4.30. The zero-order chi connectivity index (χ0) is 32.3. The van der Waals surface area contributed by atoms with E-state index in [0.717, 1.165) is 24.1 Å². The van der Waals surface area contributed by atoms with Gasteiger partial charge in [-0.05, 0) is 36.3 Å². The van der Waals surface area contributed by atoms with Gasteiger partial charge in [0.1, 0.15) is 17.1 Å². The largest absolute Gasteiger partial charge is 0.507 e. The Morgan fingerprint density at radius 3 is 2.05 bits per heavy atom. The zero-order valence-corrected chi connectivity index (χ0v) is 26.6. The van der Waals surface area contributed by atoms with Crippen molar-refractivity contribution in [1.82, 2.24) is 0 Å². The van der Waals surface area contributed by atoms with Gasteiger partial charge in [-0.1, -0.05) is 81.5 Å². The summed E-state index contributed by atoms with van der Waals surface area (Å²) in [5.41, 5.74) is 3.00. The van der Waals surface area contributed by atoms with Crippen LogP contribution in [0.2, 0.25) is 0 Å². The third kappa shape index (κ3) is 11.4. The van der Waals surface area contributed by atoms with E-state index >= 15 is 0 Å². The lowest BCUT2D eigenvalue weighted by Crippen LogP contribution is -2.15. The van der Waals surface area contributed by atoms with Gasteiger partial charge in [0.2, 0.25) is 0 Å². The number of hydrogen-bond acceptors (Lipinski definition) is 8. The molecule has 0 bridgehead atoms. The minimum absolute atomic E-state index is 0.0781. The number of nitrogens with one attached hydrogen (secondary N) is 1. The van der Waals surface area contributed by atoms with Gasteiger partial charge in [-0.2, -0.15) is 0 Å². The van der Waals surface area contributed by atoms with E-state index in [2.05, 4.69) is 21.7 Å². The van der Waals surface area contributed by atoms with E-state index in [4.69, 9.17) is 16.3 Å². The van der Waals surface area contributed by atoms with Crippen LogP contribution in [0.15, 0.2) is 72.3 Å². The molecule has 236 valence electrons. The van der Waals surface area contributed by atoms with Crippen molar-refractivity contribution < 1.29 is 33.7 Å². The first-order valence-corrected chi connectivity index (χ1v) is 15.1. The zero-order valence-electron chi connectivity index (χ0n) is 25.9. The fraction of sp³-hybridized carbons (Fsp3) is 0.343. The molecule has 0 saturated carbocycles. The van der Waals surface area contributed by atoms with Crippen LogP contribution in [-0.4, -0.2) is 50.7 Å². The number of carbonyl (C=O) groups is 3. The first kappa shape index (κ1) is 35.9. The predicted octanol–water partition coefficient (Wildman–Crippen LogP) is 7.56. The number of phenols is 1. The summed E-state index contributed by atoms with van der Waals surface area (Å²) in [6.45, 7) is 2.79. The summed E-state index contributed by atoms with van der Waals surface area (Å²) in [5.74, 6) is -0.973. The minimum atomic E-state index is -0.723. The first-order chi connectivity index (χ1) is 21.3. The van der Waals surface area contributed by atoms with Crippen LogP contribution in [0.5, 0.6) is 11.5 Å². The number of phenolic OH excluding ortho intramolecular Hbond substituents is 1. The lowest BCUT2D eigenvalue weighted by atomic mass is 10.00. The number of aromatic hydroxyl groups is 1. The molecule has 9 heteroatoms. The lowest BCUT2D eigenvalue weighted by Gasteiger charge is -2.13. The summed E-state index contributed by atoms with van der Waals surface area (Å²) < 4.78 is 14.9. The highest BCUT2D eigenvalue weighted by molar-refractivity contribution is 6.18. The number of rotatable bonds is 15. The third-order valence-corrected chi connectivity index (χ3v) is 6.97. The maximum absolute atomic E-state index is 12.6. The quantitative estimate of drug-likeness (QED) is 0.0339. The van der Waals surface area contributed by atoms with Crippen molar-refractivity contribution in [3.63, 3.8) is 0 Å². The van der Waals surface area contributed by atoms with Gasteiger partial charge < -0.3 is 24.6 Å². The van der Waals surface area contributed by atoms with E-state index in [0.29, 0.717) is 23.5 Å². The Labute approximate surface area is 265 Å². The highest BCUT2D eigenvalue weighted by Crippen LogP contribution is 2.31. The SMILES string of the molecule is CCCCCCCCOc1cc(O)c(C(=O)c2ccccc2)cc1CCl.CNc1ccc(C=C(C(=O)OC)C(=O)OC)cc1. The molecule has 0 radical (unpaired) electrons. The Morgan fingerprint density at radius 2 is 1.48 bits per heavy atom. The van der Waals surface area contributed by atoms with E-state index < -0.39 is 11.9 Å². The van der Waals surface area contributed by atoms with E-state index in [9.17, 15) is 19.5 Å². The van der Waals surface area contributed by atoms with Gasteiger partial charge in [0.15, 0.2) is 5.78 Å². The minimum Gasteiger partial charge on any atom is -0.507 e. The normalized spacial score (nSPS) is 10.1. The molecule has 44 heavy (non-hydrogen) atoms. The molecule has 0 aromatic heterocycles. The number of halogens is 1. The smallest absolute Gasteiger partial charge is 0.345 e. The average molecular weight is 624 g/mol. The van der Waals surface area contributed by atoms with Gasteiger partial charge in [-0.25, -0.2) is 9.59 Å². The van der Waals surface area contributed by atoms with Crippen molar-refractivity contribution >= 4 is 41.1 Å². The molecular formula is C35H42ClNO7. The molecule has 0 heterocycles. The number of methoxy groups -OCH3 is 2. The molecule has 0 fully saturated rings. The number of ketones is 1. The number of alkyl halides is 1. The van der Waals surface area contributed by atoms with Crippen molar-refractivity contribution in [2.24, 2.45) is 0 Å². The molecule has 3 rings (SSSR count). The summed E-state index contributed by atoms with van der Waals surface area (Å²) in [7, 11) is 4.23. The third-order valence-electron chi connectivity index (χ3n) is 6.68. The van der Waals surface area contributed by atoms with Crippen LogP contribution < -0.4 is 10.1 Å². The summed E-state index contributed by atoms with van der Waals surface area (Å²) >= 11 is 6.03. The summed E-state index contributed by atoms with van der Waals surface area (Å²) in [4.78, 5) is 35.5. The van der Waals surface area contributed by atoms with Crippen LogP contribution in [-0.2, 0) is 24.9 Å². The molecule has 8 nitrogen and oxygen atoms in total. The van der Waals surface area contributed by atoms with Crippen LogP contribution >= 0.6 is 11.6 Å². The van der Waals surface area contributed by atoms with Gasteiger partial charge in [-0.3, -0.25) is 4.79 Å². The number of benzene rings is 3. The van der Waals surface area contributed by atoms with Gasteiger partial charge in [0.25, 0.3) is 0 Å². The van der Waals surface area contributed by atoms with E-state index in [1.807, 2.05) is 18.2 Å². The van der Waals surface area contributed by atoms with Crippen LogP contribution in [0.3, 0.4) is 0 Å². The number of unbranched alkanes of at least 4 members (excludes halogenated alkanes) is 5. The molecule has 3 aromatic carbocycles. The lowest BCUT2D eigenvalue weighted by molar-refractivity contribution is -0.143. The van der Waals surface area contributed by atoms with Crippen molar-refractivity contribution in [3.05, 3.63) is 94.6 Å². The number of hydrogen-bond donors (Lipinski definition) is 2. The standard InChI is InChI=1S/C22H27ClO3.C13H15NO4/c1-2-3-4-5-6-10-13-26-21-15-20(24)19(14-18(21)16-23)22(25)17-11-8-7-9-12-17;1-14-10-6-4-9(5-7-10)8-11(12(15)17-2)13(16)18-3/h7-9,11-12,14-15,24H,2-6,10,13,16H2,1H3;4-8,14H,1-3H3. The molecule has 0 aliphatic rings. The van der Waals surface area contributed by atoms with E-state index in [1.54, 1.807) is 49.5 Å². The maximum atomic E-state index is 12.6. The molecule has 0 aliphatic heterocycles. The number of anilines is 1. The Bertz CT molecular complexity index is 1350. The van der Waals surface area contributed by atoms with Gasteiger partial charge >= 0.3 is 11.9 Å². The van der Waals surface area contributed by atoms with Crippen LogP contribution in [0, 0.1) is 0 Å². The van der Waals surface area contributed by atoms with Crippen molar-refractivity contribution in [2.75, 3.05) is 33.2 Å². The molecule has 0 aliphatic carbocycles. The molecule has 2 N–H and O–H groups in total. The highest BCUT2D eigenvalue weighted by atomic mass is 35.5. The van der Waals surface area contributed by atoms with Crippen molar-refractivity contribution in [3.8, 4) is 11.5 Å². The average Bonchev–Trinajstić information content (AvgIpc) is 3.06. The molecule has 0 unspecified atom stereocenters. The second kappa shape index (κ2) is 19.8. The molecule has 0 spiro atoms. The highest BCUT2D eigenvalue weighted by Gasteiger charge is 2.20. The summed E-state index contributed by atoms with van der Waals surface area (Å²) in [5, 5.41) is 13.3.